The summed E-state index contributed by atoms with van der Waals surface area (Å²) in [6.45, 7) is 4.31. The molecule has 3 fully saturated rings. The van der Waals surface area contributed by atoms with Gasteiger partial charge in [0.2, 0.25) is 0 Å². The van der Waals surface area contributed by atoms with E-state index in [0.29, 0.717) is 0 Å². The summed E-state index contributed by atoms with van der Waals surface area (Å²) in [5.74, 6) is 3.89. The van der Waals surface area contributed by atoms with Crippen LogP contribution in [0.15, 0.2) is 30.4 Å². The van der Waals surface area contributed by atoms with Crippen molar-refractivity contribution in [3.05, 3.63) is 41.7 Å². The van der Waals surface area contributed by atoms with E-state index in [2.05, 4.69) is 13.0 Å². The Morgan fingerprint density at radius 3 is 2.35 bits per heavy atom. The molecule has 0 N–H and O–H groups in total. The molecule has 3 aliphatic rings. The van der Waals surface area contributed by atoms with Crippen LogP contribution in [0.5, 0.6) is 5.75 Å². The molecule has 0 aliphatic heterocycles. The molecule has 3 saturated carbocycles. The smallest absolute Gasteiger partial charge is 0.314 e. The van der Waals surface area contributed by atoms with E-state index in [0.717, 1.165) is 73.7 Å². The molecular formula is C31H45FO2. The van der Waals surface area contributed by atoms with Crippen LogP contribution in [-0.2, 0) is 11.2 Å². The number of hydrogen-bond donors (Lipinski definition) is 0. The van der Waals surface area contributed by atoms with E-state index >= 15 is 0 Å². The Bertz CT molecular complexity index is 823. The summed E-state index contributed by atoms with van der Waals surface area (Å²) in [6.07, 6.45) is 21.2. The standard InChI is InChI=1S/C31H45FO2/c1-3-5-6-8-23-10-18-30(29(32)20-23)34-31(33)25-14-12-24(13-15-25)27-17-16-26-19-22(7-4-2)9-11-28(26)21-27/h3,5,10,18,20,22,24-28H,4,6-9,11-17,19,21H2,1-2H3/b5-3+. The molecule has 3 aliphatic carbocycles. The molecule has 0 amide bonds. The van der Waals surface area contributed by atoms with Crippen LogP contribution in [-0.4, -0.2) is 5.97 Å². The van der Waals surface area contributed by atoms with Gasteiger partial charge in [0.15, 0.2) is 11.6 Å². The number of allylic oxidation sites excluding steroid dienone is 2. The van der Waals surface area contributed by atoms with Crippen LogP contribution >= 0.6 is 0 Å². The van der Waals surface area contributed by atoms with Gasteiger partial charge in [0.25, 0.3) is 0 Å². The van der Waals surface area contributed by atoms with Gasteiger partial charge in [-0.2, -0.15) is 0 Å². The Morgan fingerprint density at radius 2 is 1.65 bits per heavy atom. The lowest BCUT2D eigenvalue weighted by molar-refractivity contribution is -0.140. The minimum absolute atomic E-state index is 0.0779. The molecule has 4 unspecified atom stereocenters. The molecule has 0 saturated heterocycles. The first-order valence-electron chi connectivity index (χ1n) is 14.2. The predicted octanol–water partition coefficient (Wildman–Crippen LogP) is 8.68. The molecule has 0 bridgehead atoms. The number of carbonyl (C=O) groups excluding carboxylic acids is 1. The summed E-state index contributed by atoms with van der Waals surface area (Å²) in [4.78, 5) is 12.8. The Balaban J connectivity index is 1.22. The van der Waals surface area contributed by atoms with Gasteiger partial charge in [-0.1, -0.05) is 44.4 Å². The first-order chi connectivity index (χ1) is 16.6. The van der Waals surface area contributed by atoms with Crippen molar-refractivity contribution >= 4 is 5.97 Å². The maximum absolute atomic E-state index is 14.5. The van der Waals surface area contributed by atoms with Gasteiger partial charge in [-0.05, 0) is 125 Å². The lowest BCUT2D eigenvalue weighted by atomic mass is 9.60. The number of hydrogen-bond acceptors (Lipinski definition) is 2. The molecule has 2 nitrogen and oxygen atoms in total. The highest BCUT2D eigenvalue weighted by molar-refractivity contribution is 5.75. The molecule has 1 aromatic rings. The maximum Gasteiger partial charge on any atom is 0.314 e. The van der Waals surface area contributed by atoms with E-state index in [1.165, 1.54) is 57.4 Å². The quantitative estimate of drug-likeness (QED) is 0.217. The van der Waals surface area contributed by atoms with Crippen LogP contribution in [0.3, 0.4) is 0 Å². The number of aryl methyl sites for hydroxylation is 1. The molecule has 34 heavy (non-hydrogen) atoms. The molecular weight excluding hydrogens is 423 g/mol. The van der Waals surface area contributed by atoms with E-state index in [1.807, 2.05) is 19.1 Å². The average Bonchev–Trinajstić information content (AvgIpc) is 2.86. The largest absolute Gasteiger partial charge is 0.423 e. The second-order valence-electron chi connectivity index (χ2n) is 11.5. The molecule has 0 heterocycles. The maximum atomic E-state index is 14.5. The predicted molar refractivity (Wildman–Crippen MR) is 137 cm³/mol. The Morgan fingerprint density at radius 1 is 0.971 bits per heavy atom. The van der Waals surface area contributed by atoms with E-state index in [-0.39, 0.29) is 17.6 Å². The van der Waals surface area contributed by atoms with Gasteiger partial charge in [-0.3, -0.25) is 4.79 Å². The second kappa shape index (κ2) is 12.4. The monoisotopic (exact) mass is 468 g/mol. The zero-order valence-corrected chi connectivity index (χ0v) is 21.4. The number of ether oxygens (including phenoxy) is 1. The van der Waals surface area contributed by atoms with Gasteiger partial charge in [0, 0.05) is 0 Å². The summed E-state index contributed by atoms with van der Waals surface area (Å²) in [7, 11) is 0. The van der Waals surface area contributed by atoms with Crippen molar-refractivity contribution in [2.45, 2.75) is 104 Å². The molecule has 1 aromatic carbocycles. The number of benzene rings is 1. The molecule has 0 spiro atoms. The second-order valence-corrected chi connectivity index (χ2v) is 11.5. The van der Waals surface area contributed by atoms with Crippen LogP contribution in [0.1, 0.15) is 103 Å². The highest BCUT2D eigenvalue weighted by atomic mass is 19.1. The van der Waals surface area contributed by atoms with Crippen LogP contribution < -0.4 is 4.74 Å². The minimum Gasteiger partial charge on any atom is -0.423 e. The third-order valence-corrected chi connectivity index (χ3v) is 9.27. The van der Waals surface area contributed by atoms with Crippen molar-refractivity contribution in [1.29, 1.82) is 0 Å². The summed E-state index contributed by atoms with van der Waals surface area (Å²) in [6, 6.07) is 5.00. The third-order valence-electron chi connectivity index (χ3n) is 9.27. The topological polar surface area (TPSA) is 26.3 Å². The zero-order valence-electron chi connectivity index (χ0n) is 21.4. The van der Waals surface area contributed by atoms with Crippen molar-refractivity contribution < 1.29 is 13.9 Å². The number of halogens is 1. The van der Waals surface area contributed by atoms with Gasteiger partial charge in [-0.15, -0.1) is 0 Å². The molecule has 0 aromatic heterocycles. The highest BCUT2D eigenvalue weighted by Gasteiger charge is 2.39. The van der Waals surface area contributed by atoms with Crippen LogP contribution in [0, 0.1) is 41.3 Å². The SMILES string of the molecule is C/C=C/CCc1ccc(OC(=O)C2CCC(C3CCC4CC(CCC)CCC4C3)CC2)c(F)c1. The van der Waals surface area contributed by atoms with Crippen molar-refractivity contribution in [2.75, 3.05) is 0 Å². The number of fused-ring (bicyclic) bond motifs is 1. The van der Waals surface area contributed by atoms with Crippen LogP contribution in [0.4, 0.5) is 4.39 Å². The summed E-state index contributed by atoms with van der Waals surface area (Å²) in [5, 5.41) is 0. The molecule has 4 atom stereocenters. The zero-order chi connectivity index (χ0) is 23.9. The fourth-order valence-corrected chi connectivity index (χ4v) is 7.34. The lowest BCUT2D eigenvalue weighted by Gasteiger charge is -2.45. The third kappa shape index (κ3) is 6.52. The number of esters is 1. The Kier molecular flexibility index (Phi) is 9.25. The van der Waals surface area contributed by atoms with E-state index < -0.39 is 5.82 Å². The van der Waals surface area contributed by atoms with E-state index in [4.69, 9.17) is 4.74 Å². The van der Waals surface area contributed by atoms with Gasteiger partial charge < -0.3 is 4.74 Å². The fraction of sp³-hybridized carbons (Fsp3) is 0.710. The average molecular weight is 469 g/mol. The van der Waals surface area contributed by atoms with Crippen LogP contribution in [0.2, 0.25) is 0 Å². The van der Waals surface area contributed by atoms with Gasteiger partial charge in [0.1, 0.15) is 0 Å². The molecule has 4 rings (SSSR count). The first-order valence-corrected chi connectivity index (χ1v) is 14.2. The van der Waals surface area contributed by atoms with Gasteiger partial charge in [-0.25, -0.2) is 4.39 Å². The minimum atomic E-state index is -0.426. The number of carbonyl (C=O) groups is 1. The van der Waals surface area contributed by atoms with E-state index in [9.17, 15) is 9.18 Å². The van der Waals surface area contributed by atoms with E-state index in [1.54, 1.807) is 6.07 Å². The molecule has 0 radical (unpaired) electrons. The summed E-state index contributed by atoms with van der Waals surface area (Å²) < 4.78 is 20.0. The Labute approximate surface area is 206 Å². The lowest BCUT2D eigenvalue weighted by Crippen LogP contribution is -2.35. The summed E-state index contributed by atoms with van der Waals surface area (Å²) in [5.41, 5.74) is 0.935. The first kappa shape index (κ1) is 25.5. The highest BCUT2D eigenvalue weighted by Crippen LogP contribution is 2.49. The normalized spacial score (nSPS) is 31.9. The van der Waals surface area contributed by atoms with Crippen molar-refractivity contribution in [1.82, 2.24) is 0 Å². The van der Waals surface area contributed by atoms with Crippen molar-refractivity contribution in [3.8, 4) is 5.75 Å². The molecule has 3 heteroatoms. The van der Waals surface area contributed by atoms with Crippen molar-refractivity contribution in [3.63, 3.8) is 0 Å². The van der Waals surface area contributed by atoms with Crippen LogP contribution in [0.25, 0.3) is 0 Å². The fourth-order valence-electron chi connectivity index (χ4n) is 7.34. The Hall–Kier alpha value is -1.64. The summed E-state index contributed by atoms with van der Waals surface area (Å²) >= 11 is 0. The molecule has 188 valence electrons. The van der Waals surface area contributed by atoms with Gasteiger partial charge in [0.05, 0.1) is 5.92 Å². The van der Waals surface area contributed by atoms with Gasteiger partial charge >= 0.3 is 5.97 Å². The number of rotatable bonds is 8. The van der Waals surface area contributed by atoms with Crippen molar-refractivity contribution in [2.24, 2.45) is 35.5 Å².